The van der Waals surface area contributed by atoms with Gasteiger partial charge in [-0.2, -0.15) is 0 Å². The van der Waals surface area contributed by atoms with E-state index in [1.165, 1.54) is 38.4 Å². The lowest BCUT2D eigenvalue weighted by Gasteiger charge is -2.34. The Balaban J connectivity index is 2.49. The van der Waals surface area contributed by atoms with Gasteiger partial charge in [0.1, 0.15) is 9.84 Å². The Bertz CT molecular complexity index is 340. The van der Waals surface area contributed by atoms with Crippen LogP contribution in [-0.2, 0) is 14.6 Å². The lowest BCUT2D eigenvalue weighted by atomic mass is 9.82. The molecule has 0 amide bonds. The molecule has 1 aliphatic carbocycles. The molecule has 0 aromatic heterocycles. The number of hydrogen-bond acceptors (Lipinski definition) is 5. The molecule has 0 spiro atoms. The first kappa shape index (κ1) is 16.9. The smallest absolute Gasteiger partial charge is 0.147 e. The molecule has 0 aliphatic heterocycles. The predicted octanol–water partition coefficient (Wildman–Crippen LogP) is 1.24. The molecule has 1 saturated carbocycles. The molecule has 6 heteroatoms. The van der Waals surface area contributed by atoms with Gasteiger partial charge in [0.15, 0.2) is 0 Å². The Hall–Kier alpha value is -0.170. The summed E-state index contributed by atoms with van der Waals surface area (Å²) in [4.78, 5) is 0. The quantitative estimate of drug-likeness (QED) is 0.519. The van der Waals surface area contributed by atoms with Gasteiger partial charge in [0.2, 0.25) is 0 Å². The van der Waals surface area contributed by atoms with E-state index in [1.807, 2.05) is 0 Å². The second-order valence-electron chi connectivity index (χ2n) is 5.64. The molecule has 114 valence electrons. The molecule has 1 fully saturated rings. The van der Waals surface area contributed by atoms with Crippen LogP contribution in [0.4, 0.5) is 0 Å². The molecule has 0 bridgehead atoms. The summed E-state index contributed by atoms with van der Waals surface area (Å²) in [6.45, 7) is 0. The van der Waals surface area contributed by atoms with Gasteiger partial charge in [0.05, 0.1) is 6.10 Å². The standard InChI is InChI=1S/C13H28N2O3S/c1-18-13(11-7-4-3-5-8-11)12(15-14)9-6-10-19(2,16)17/h11-13,15H,3-10,14H2,1-2H3. The molecule has 0 radical (unpaired) electrons. The molecule has 1 rings (SSSR count). The molecule has 0 heterocycles. The van der Waals surface area contributed by atoms with Crippen LogP contribution in [0.15, 0.2) is 0 Å². The highest BCUT2D eigenvalue weighted by Gasteiger charge is 2.29. The van der Waals surface area contributed by atoms with Crippen LogP contribution in [-0.4, -0.2) is 39.7 Å². The third-order valence-electron chi connectivity index (χ3n) is 4.03. The Morgan fingerprint density at radius 1 is 1.32 bits per heavy atom. The average Bonchev–Trinajstić information content (AvgIpc) is 2.37. The summed E-state index contributed by atoms with van der Waals surface area (Å²) in [5.41, 5.74) is 2.82. The van der Waals surface area contributed by atoms with E-state index < -0.39 is 9.84 Å². The van der Waals surface area contributed by atoms with E-state index in [2.05, 4.69) is 5.43 Å². The number of nitrogens with one attached hydrogen (secondary N) is 1. The lowest BCUT2D eigenvalue weighted by Crippen LogP contribution is -2.48. The molecule has 3 N–H and O–H groups in total. The van der Waals surface area contributed by atoms with Crippen LogP contribution in [0.3, 0.4) is 0 Å². The monoisotopic (exact) mass is 292 g/mol. The van der Waals surface area contributed by atoms with E-state index in [0.29, 0.717) is 12.3 Å². The third-order valence-corrected chi connectivity index (χ3v) is 5.06. The Morgan fingerprint density at radius 2 is 1.95 bits per heavy atom. The number of ether oxygens (including phenoxy) is 1. The van der Waals surface area contributed by atoms with Gasteiger partial charge in [0, 0.05) is 25.2 Å². The number of hydrazine groups is 1. The Kier molecular flexibility index (Phi) is 7.28. The topological polar surface area (TPSA) is 81.4 Å². The lowest BCUT2D eigenvalue weighted by molar-refractivity contribution is 0.00595. The Labute approximate surface area is 117 Å². The summed E-state index contributed by atoms with van der Waals surface area (Å²) >= 11 is 0. The first-order valence-electron chi connectivity index (χ1n) is 7.14. The van der Waals surface area contributed by atoms with Gasteiger partial charge < -0.3 is 4.74 Å². The third kappa shape index (κ3) is 6.21. The van der Waals surface area contributed by atoms with Gasteiger partial charge in [-0.3, -0.25) is 11.3 Å². The number of nitrogens with two attached hydrogens (primary N) is 1. The van der Waals surface area contributed by atoms with Crippen molar-refractivity contribution >= 4 is 9.84 Å². The van der Waals surface area contributed by atoms with Crippen LogP contribution in [0.1, 0.15) is 44.9 Å². The zero-order chi connectivity index (χ0) is 14.3. The second kappa shape index (κ2) is 8.19. The van der Waals surface area contributed by atoms with Crippen molar-refractivity contribution in [3.05, 3.63) is 0 Å². The molecule has 0 aromatic carbocycles. The first-order chi connectivity index (χ1) is 8.98. The first-order valence-corrected chi connectivity index (χ1v) is 9.20. The largest absolute Gasteiger partial charge is 0.379 e. The van der Waals surface area contributed by atoms with Crippen LogP contribution >= 0.6 is 0 Å². The molecule has 0 aromatic rings. The second-order valence-corrected chi connectivity index (χ2v) is 7.90. The molecule has 19 heavy (non-hydrogen) atoms. The fraction of sp³-hybridized carbons (Fsp3) is 1.00. The van der Waals surface area contributed by atoms with Crippen molar-refractivity contribution in [3.63, 3.8) is 0 Å². The van der Waals surface area contributed by atoms with Crippen molar-refractivity contribution in [1.82, 2.24) is 5.43 Å². The zero-order valence-electron chi connectivity index (χ0n) is 12.1. The number of hydrogen-bond donors (Lipinski definition) is 2. The summed E-state index contributed by atoms with van der Waals surface area (Å²) in [5, 5.41) is 0. The molecule has 1 aliphatic rings. The van der Waals surface area contributed by atoms with Gasteiger partial charge in [-0.15, -0.1) is 0 Å². The van der Waals surface area contributed by atoms with E-state index in [0.717, 1.165) is 6.42 Å². The van der Waals surface area contributed by atoms with Crippen molar-refractivity contribution in [3.8, 4) is 0 Å². The fourth-order valence-corrected chi connectivity index (χ4v) is 3.75. The highest BCUT2D eigenvalue weighted by atomic mass is 32.2. The maximum Gasteiger partial charge on any atom is 0.147 e. The fourth-order valence-electron chi connectivity index (χ4n) is 3.06. The Morgan fingerprint density at radius 3 is 2.42 bits per heavy atom. The van der Waals surface area contributed by atoms with Crippen LogP contribution < -0.4 is 11.3 Å². The van der Waals surface area contributed by atoms with E-state index in [1.54, 1.807) is 7.11 Å². The predicted molar refractivity (Wildman–Crippen MR) is 77.4 cm³/mol. The van der Waals surface area contributed by atoms with Gasteiger partial charge in [0.25, 0.3) is 0 Å². The van der Waals surface area contributed by atoms with E-state index >= 15 is 0 Å². The minimum Gasteiger partial charge on any atom is -0.379 e. The summed E-state index contributed by atoms with van der Waals surface area (Å²) in [6.07, 6.45) is 8.90. The molecular weight excluding hydrogens is 264 g/mol. The number of rotatable bonds is 8. The minimum atomic E-state index is -2.89. The van der Waals surface area contributed by atoms with E-state index in [4.69, 9.17) is 10.6 Å². The van der Waals surface area contributed by atoms with Gasteiger partial charge in [-0.05, 0) is 31.6 Å². The maximum atomic E-state index is 11.2. The molecule has 2 atom stereocenters. The zero-order valence-corrected chi connectivity index (χ0v) is 12.9. The van der Waals surface area contributed by atoms with Gasteiger partial charge in [-0.1, -0.05) is 19.3 Å². The highest BCUT2D eigenvalue weighted by Crippen LogP contribution is 2.30. The molecule has 5 nitrogen and oxygen atoms in total. The average molecular weight is 292 g/mol. The molecular formula is C13H28N2O3S. The summed E-state index contributed by atoms with van der Waals surface area (Å²) < 4.78 is 28.0. The number of sulfone groups is 1. The minimum absolute atomic E-state index is 0.0369. The van der Waals surface area contributed by atoms with Crippen LogP contribution in [0.2, 0.25) is 0 Å². The van der Waals surface area contributed by atoms with Crippen molar-refractivity contribution < 1.29 is 13.2 Å². The SMILES string of the molecule is COC(C1CCCCC1)C(CCCS(C)(=O)=O)NN. The van der Waals surface area contributed by atoms with E-state index in [-0.39, 0.29) is 17.9 Å². The van der Waals surface area contributed by atoms with Crippen molar-refractivity contribution in [2.75, 3.05) is 19.1 Å². The van der Waals surface area contributed by atoms with Crippen LogP contribution in [0, 0.1) is 5.92 Å². The summed E-state index contributed by atoms with van der Waals surface area (Å²) in [7, 11) is -1.17. The van der Waals surface area contributed by atoms with E-state index in [9.17, 15) is 8.42 Å². The van der Waals surface area contributed by atoms with Crippen LogP contribution in [0.25, 0.3) is 0 Å². The van der Waals surface area contributed by atoms with Crippen molar-refractivity contribution in [1.29, 1.82) is 0 Å². The molecule has 0 saturated heterocycles. The summed E-state index contributed by atoms with van der Waals surface area (Å²) in [5.74, 6) is 6.38. The van der Waals surface area contributed by atoms with Gasteiger partial charge in [-0.25, -0.2) is 8.42 Å². The number of methoxy groups -OCH3 is 1. The van der Waals surface area contributed by atoms with Crippen molar-refractivity contribution in [2.45, 2.75) is 57.1 Å². The van der Waals surface area contributed by atoms with Gasteiger partial charge >= 0.3 is 0 Å². The molecule has 2 unspecified atom stereocenters. The van der Waals surface area contributed by atoms with Crippen molar-refractivity contribution in [2.24, 2.45) is 11.8 Å². The maximum absolute atomic E-state index is 11.2. The summed E-state index contributed by atoms with van der Waals surface area (Å²) in [6, 6.07) is 0.0369. The van der Waals surface area contributed by atoms with Crippen LogP contribution in [0.5, 0.6) is 0 Å². The normalized spacial score (nSPS) is 21.2. The highest BCUT2D eigenvalue weighted by molar-refractivity contribution is 7.90.